The summed E-state index contributed by atoms with van der Waals surface area (Å²) < 4.78 is 27.3. The zero-order valence-corrected chi connectivity index (χ0v) is 15.5. The maximum atomic E-state index is 12.4. The minimum Gasteiger partial charge on any atom is -0.348 e. The van der Waals surface area contributed by atoms with E-state index in [0.717, 1.165) is 18.4 Å². The minimum absolute atomic E-state index is 0.0160. The first-order valence-electron chi connectivity index (χ1n) is 7.70. The van der Waals surface area contributed by atoms with E-state index in [0.29, 0.717) is 6.54 Å². The van der Waals surface area contributed by atoms with Crippen molar-refractivity contribution >= 4 is 39.1 Å². The van der Waals surface area contributed by atoms with Gasteiger partial charge in [-0.05, 0) is 30.5 Å². The third-order valence-corrected chi connectivity index (χ3v) is 6.05. The molecule has 1 saturated carbocycles. The maximum Gasteiger partial charge on any atom is 0.253 e. The fourth-order valence-corrected chi connectivity index (χ4v) is 4.43. The monoisotopic (exact) mass is 398 g/mol. The normalized spacial score (nSPS) is 14.3. The summed E-state index contributed by atoms with van der Waals surface area (Å²) in [5, 5.41) is 2.81. The van der Waals surface area contributed by atoms with Gasteiger partial charge in [0.2, 0.25) is 10.0 Å². The molecule has 132 valence electrons. The number of halogens is 2. The second-order valence-corrected chi connectivity index (χ2v) is 8.32. The number of carbonyl (C=O) groups excluding carboxylic acids is 1. The van der Waals surface area contributed by atoms with Crippen molar-refractivity contribution in [2.45, 2.75) is 30.3 Å². The summed E-state index contributed by atoms with van der Waals surface area (Å²) in [6.07, 6.45) is 1.60. The van der Waals surface area contributed by atoms with E-state index < -0.39 is 15.9 Å². The van der Waals surface area contributed by atoms with Crippen molar-refractivity contribution in [3.8, 4) is 0 Å². The Labute approximate surface area is 156 Å². The van der Waals surface area contributed by atoms with Gasteiger partial charge in [0.05, 0.1) is 15.6 Å². The van der Waals surface area contributed by atoms with E-state index in [4.69, 9.17) is 23.2 Å². The fourth-order valence-electron chi connectivity index (χ4n) is 2.27. The molecule has 0 unspecified atom stereocenters. The predicted octanol–water partition coefficient (Wildman–Crippen LogP) is 3.36. The molecule has 8 heteroatoms. The molecule has 1 fully saturated rings. The Morgan fingerprint density at radius 1 is 1.08 bits per heavy atom. The highest BCUT2D eigenvalue weighted by Gasteiger charge is 2.30. The van der Waals surface area contributed by atoms with Crippen LogP contribution in [0, 0.1) is 0 Å². The number of sulfonamides is 1. The number of carbonyl (C=O) groups is 1. The zero-order valence-electron chi connectivity index (χ0n) is 13.1. The van der Waals surface area contributed by atoms with E-state index in [1.807, 2.05) is 30.3 Å². The smallest absolute Gasteiger partial charge is 0.253 e. The molecule has 0 atom stereocenters. The van der Waals surface area contributed by atoms with Crippen LogP contribution in [0.3, 0.4) is 0 Å². The molecular weight excluding hydrogens is 383 g/mol. The molecular formula is C17H16Cl2N2O3S. The molecule has 25 heavy (non-hydrogen) atoms. The van der Waals surface area contributed by atoms with Crippen LogP contribution in [0.15, 0.2) is 47.4 Å². The molecule has 2 aromatic rings. The molecule has 1 amide bonds. The summed E-state index contributed by atoms with van der Waals surface area (Å²) in [4.78, 5) is 12.3. The lowest BCUT2D eigenvalue weighted by Crippen LogP contribution is -2.27. The predicted molar refractivity (Wildman–Crippen MR) is 97.4 cm³/mol. The van der Waals surface area contributed by atoms with Crippen LogP contribution in [0.25, 0.3) is 0 Å². The average molecular weight is 399 g/mol. The molecule has 0 radical (unpaired) electrons. The van der Waals surface area contributed by atoms with Crippen molar-refractivity contribution in [1.82, 2.24) is 10.0 Å². The van der Waals surface area contributed by atoms with Gasteiger partial charge >= 0.3 is 0 Å². The van der Waals surface area contributed by atoms with E-state index >= 15 is 0 Å². The van der Waals surface area contributed by atoms with Gasteiger partial charge in [-0.1, -0.05) is 53.5 Å². The number of rotatable bonds is 6. The molecule has 1 aliphatic rings. The van der Waals surface area contributed by atoms with Crippen LogP contribution in [0.1, 0.15) is 28.8 Å². The number of hydrogen-bond acceptors (Lipinski definition) is 3. The average Bonchev–Trinajstić information content (AvgIpc) is 3.36. The Morgan fingerprint density at radius 2 is 1.76 bits per heavy atom. The summed E-state index contributed by atoms with van der Waals surface area (Å²) in [5.41, 5.74) is 0.988. The molecule has 0 aromatic heterocycles. The highest BCUT2D eigenvalue weighted by molar-refractivity contribution is 7.89. The molecule has 2 aromatic carbocycles. The molecule has 0 heterocycles. The molecule has 5 nitrogen and oxygen atoms in total. The molecule has 3 rings (SSSR count). The van der Waals surface area contributed by atoms with E-state index in [1.54, 1.807) is 0 Å². The van der Waals surface area contributed by atoms with Crippen molar-refractivity contribution in [2.24, 2.45) is 0 Å². The summed E-state index contributed by atoms with van der Waals surface area (Å²) in [7, 11) is -3.79. The van der Waals surface area contributed by atoms with Crippen molar-refractivity contribution in [1.29, 1.82) is 0 Å². The Morgan fingerprint density at radius 3 is 2.40 bits per heavy atom. The first-order chi connectivity index (χ1) is 11.9. The zero-order chi connectivity index (χ0) is 18.0. The quantitative estimate of drug-likeness (QED) is 0.782. The van der Waals surface area contributed by atoms with Crippen molar-refractivity contribution in [3.05, 3.63) is 63.6 Å². The maximum absolute atomic E-state index is 12.4. The van der Waals surface area contributed by atoms with Gasteiger partial charge in [0.15, 0.2) is 0 Å². The summed E-state index contributed by atoms with van der Waals surface area (Å²) in [6.45, 7) is 0.307. The first kappa shape index (κ1) is 18.2. The number of hydrogen-bond donors (Lipinski definition) is 2. The van der Waals surface area contributed by atoms with E-state index in [2.05, 4.69) is 10.0 Å². The van der Waals surface area contributed by atoms with Gasteiger partial charge in [0, 0.05) is 12.6 Å². The molecule has 0 aliphatic heterocycles. The van der Waals surface area contributed by atoms with Crippen LogP contribution < -0.4 is 10.0 Å². The number of nitrogens with one attached hydrogen (secondary N) is 2. The van der Waals surface area contributed by atoms with Crippen molar-refractivity contribution in [2.75, 3.05) is 0 Å². The molecule has 0 spiro atoms. The van der Waals surface area contributed by atoms with Crippen LogP contribution >= 0.6 is 23.2 Å². The Balaban J connectivity index is 1.83. The van der Waals surface area contributed by atoms with Crippen molar-refractivity contribution < 1.29 is 13.2 Å². The van der Waals surface area contributed by atoms with Crippen molar-refractivity contribution in [3.63, 3.8) is 0 Å². The van der Waals surface area contributed by atoms with Crippen LogP contribution in [0.4, 0.5) is 0 Å². The second-order valence-electron chi connectivity index (χ2n) is 5.83. The lowest BCUT2D eigenvalue weighted by molar-refractivity contribution is 0.0951. The fraction of sp³-hybridized carbons (Fsp3) is 0.235. The molecule has 0 saturated heterocycles. The largest absolute Gasteiger partial charge is 0.348 e. The van der Waals surface area contributed by atoms with Gasteiger partial charge in [0.1, 0.15) is 4.90 Å². The van der Waals surface area contributed by atoms with Crippen LogP contribution in [0.2, 0.25) is 10.0 Å². The SMILES string of the molecule is O=C(NCc1ccccc1)c1cc(S(=O)(=O)NC2CC2)c(Cl)cc1Cl. The lowest BCUT2D eigenvalue weighted by atomic mass is 10.2. The van der Waals surface area contributed by atoms with E-state index in [9.17, 15) is 13.2 Å². The minimum atomic E-state index is -3.79. The Hall–Kier alpha value is -1.60. The van der Waals surface area contributed by atoms with Gasteiger partial charge in [-0.3, -0.25) is 4.79 Å². The topological polar surface area (TPSA) is 75.3 Å². The third-order valence-electron chi connectivity index (χ3n) is 3.75. The van der Waals surface area contributed by atoms with Crippen LogP contribution in [-0.4, -0.2) is 20.4 Å². The standard InChI is InChI=1S/C17H16Cl2N2O3S/c18-14-9-15(19)16(25(23,24)21-12-6-7-12)8-13(14)17(22)20-10-11-4-2-1-3-5-11/h1-5,8-9,12,21H,6-7,10H2,(H,20,22). The summed E-state index contributed by atoms with van der Waals surface area (Å²) in [6, 6.07) is 11.8. The van der Waals surface area contributed by atoms with Gasteiger partial charge in [-0.15, -0.1) is 0 Å². The van der Waals surface area contributed by atoms with E-state index in [1.165, 1.54) is 12.1 Å². The second kappa shape index (κ2) is 7.33. The van der Waals surface area contributed by atoms with Crippen LogP contribution in [0.5, 0.6) is 0 Å². The first-order valence-corrected chi connectivity index (χ1v) is 9.94. The number of amides is 1. The molecule has 2 N–H and O–H groups in total. The highest BCUT2D eigenvalue weighted by atomic mass is 35.5. The van der Waals surface area contributed by atoms with E-state index in [-0.39, 0.29) is 26.5 Å². The Bertz CT molecular complexity index is 898. The molecule has 1 aliphatic carbocycles. The van der Waals surface area contributed by atoms with Gasteiger partial charge in [-0.2, -0.15) is 0 Å². The summed E-state index contributed by atoms with van der Waals surface area (Å²) in [5.74, 6) is -0.464. The molecule has 0 bridgehead atoms. The van der Waals surface area contributed by atoms with Gasteiger partial charge in [0.25, 0.3) is 5.91 Å². The van der Waals surface area contributed by atoms with Gasteiger partial charge in [-0.25, -0.2) is 13.1 Å². The summed E-state index contributed by atoms with van der Waals surface area (Å²) >= 11 is 12.1. The number of benzene rings is 2. The Kier molecular flexibility index (Phi) is 5.34. The lowest BCUT2D eigenvalue weighted by Gasteiger charge is -2.12. The van der Waals surface area contributed by atoms with Crippen LogP contribution in [-0.2, 0) is 16.6 Å². The van der Waals surface area contributed by atoms with Gasteiger partial charge < -0.3 is 5.32 Å². The highest BCUT2D eigenvalue weighted by Crippen LogP contribution is 2.30. The third kappa shape index (κ3) is 4.52.